The normalized spacial score (nSPS) is 22.1. The van der Waals surface area contributed by atoms with Gasteiger partial charge in [-0.3, -0.25) is 9.58 Å². The van der Waals surface area contributed by atoms with Gasteiger partial charge in [0, 0.05) is 25.2 Å². The highest BCUT2D eigenvalue weighted by Crippen LogP contribution is 2.25. The Morgan fingerprint density at radius 1 is 1.33 bits per heavy atom. The number of hydrogen-bond acceptors (Lipinski definition) is 2. The summed E-state index contributed by atoms with van der Waals surface area (Å²) in [4.78, 5) is 2.60. The molecule has 0 aromatic carbocycles. The molecular weight excluding hydrogens is 246 g/mol. The van der Waals surface area contributed by atoms with Crippen molar-refractivity contribution in [3.05, 3.63) is 16.4 Å². The second-order valence-corrected chi connectivity index (χ2v) is 5.72. The van der Waals surface area contributed by atoms with Gasteiger partial charge in [0.15, 0.2) is 0 Å². The Labute approximate surface area is 115 Å². The van der Waals surface area contributed by atoms with Crippen LogP contribution in [0.5, 0.6) is 0 Å². The lowest BCUT2D eigenvalue weighted by Gasteiger charge is -2.29. The van der Waals surface area contributed by atoms with E-state index >= 15 is 0 Å². The molecule has 1 unspecified atom stereocenters. The molecule has 0 bridgehead atoms. The zero-order valence-electron chi connectivity index (χ0n) is 11.7. The summed E-state index contributed by atoms with van der Waals surface area (Å²) < 4.78 is 1.78. The maximum Gasteiger partial charge on any atom is 0.131 e. The fourth-order valence-electron chi connectivity index (χ4n) is 2.96. The summed E-state index contributed by atoms with van der Waals surface area (Å²) in [5.74, 6) is 0. The zero-order chi connectivity index (χ0) is 13.1. The van der Waals surface area contributed by atoms with Crippen LogP contribution < -0.4 is 0 Å². The highest BCUT2D eigenvalue weighted by molar-refractivity contribution is 6.30. The van der Waals surface area contributed by atoms with Crippen LogP contribution in [0.4, 0.5) is 0 Å². The fraction of sp³-hybridized carbons (Fsp3) is 0.786. The largest absolute Gasteiger partial charge is 0.296 e. The first-order valence-corrected chi connectivity index (χ1v) is 7.43. The molecule has 1 saturated heterocycles. The molecular formula is C14H24ClN3. The van der Waals surface area contributed by atoms with Crippen LogP contribution in [0.2, 0.25) is 5.15 Å². The highest BCUT2D eigenvalue weighted by Gasteiger charge is 2.22. The summed E-state index contributed by atoms with van der Waals surface area (Å²) in [5, 5.41) is 5.21. The molecule has 1 atom stereocenters. The highest BCUT2D eigenvalue weighted by atomic mass is 35.5. The molecule has 3 nitrogen and oxygen atoms in total. The molecule has 1 aromatic heterocycles. The first-order valence-electron chi connectivity index (χ1n) is 7.05. The second kappa shape index (κ2) is 6.07. The summed E-state index contributed by atoms with van der Waals surface area (Å²) in [5.41, 5.74) is 2.28. The Hall–Kier alpha value is -0.540. The van der Waals surface area contributed by atoms with Gasteiger partial charge in [-0.05, 0) is 32.7 Å². The molecule has 0 radical (unpaired) electrons. The molecule has 1 aromatic rings. The topological polar surface area (TPSA) is 21.1 Å². The lowest BCUT2D eigenvalue weighted by molar-refractivity contribution is 0.186. The third kappa shape index (κ3) is 2.89. The van der Waals surface area contributed by atoms with Gasteiger partial charge >= 0.3 is 0 Å². The van der Waals surface area contributed by atoms with E-state index in [4.69, 9.17) is 11.6 Å². The molecule has 0 saturated carbocycles. The summed E-state index contributed by atoms with van der Waals surface area (Å²) in [7, 11) is 1.92. The van der Waals surface area contributed by atoms with Crippen LogP contribution >= 0.6 is 11.6 Å². The standard InChI is InChI=1S/C14H24ClN3/c1-4-12-8-6-5-7-9-18(12)10-13-11(2)16-17(3)14(13)15/h12H,4-10H2,1-3H3. The molecule has 0 N–H and O–H groups in total. The van der Waals surface area contributed by atoms with E-state index in [1.165, 1.54) is 44.2 Å². The summed E-state index contributed by atoms with van der Waals surface area (Å²) >= 11 is 6.34. The van der Waals surface area contributed by atoms with Crippen LogP contribution in [-0.2, 0) is 13.6 Å². The predicted octanol–water partition coefficient (Wildman–Crippen LogP) is 3.54. The number of hydrogen-bond donors (Lipinski definition) is 0. The van der Waals surface area contributed by atoms with Gasteiger partial charge in [0.1, 0.15) is 5.15 Å². The van der Waals surface area contributed by atoms with Crippen LogP contribution in [-0.4, -0.2) is 27.3 Å². The molecule has 4 heteroatoms. The minimum atomic E-state index is 0.711. The van der Waals surface area contributed by atoms with Gasteiger partial charge in [0.25, 0.3) is 0 Å². The predicted molar refractivity (Wildman–Crippen MR) is 75.9 cm³/mol. The molecule has 1 aliphatic heterocycles. The van der Waals surface area contributed by atoms with Crippen LogP contribution in [0.25, 0.3) is 0 Å². The average Bonchev–Trinajstić information content (AvgIpc) is 2.56. The van der Waals surface area contributed by atoms with Crippen LogP contribution in [0.15, 0.2) is 0 Å². The van der Waals surface area contributed by atoms with Gasteiger partial charge in [-0.25, -0.2) is 0 Å². The van der Waals surface area contributed by atoms with Crippen LogP contribution in [0, 0.1) is 6.92 Å². The third-order valence-electron chi connectivity index (χ3n) is 4.10. The van der Waals surface area contributed by atoms with Gasteiger partial charge in [-0.1, -0.05) is 31.4 Å². The lowest BCUT2D eigenvalue weighted by Crippen LogP contribution is -2.34. The van der Waals surface area contributed by atoms with Crippen LogP contribution in [0.1, 0.15) is 50.3 Å². The zero-order valence-corrected chi connectivity index (χ0v) is 12.5. The molecule has 102 valence electrons. The van der Waals surface area contributed by atoms with Crippen molar-refractivity contribution in [2.75, 3.05) is 6.54 Å². The Balaban J connectivity index is 2.15. The van der Waals surface area contributed by atoms with E-state index in [1.54, 1.807) is 4.68 Å². The van der Waals surface area contributed by atoms with E-state index in [0.29, 0.717) is 6.04 Å². The molecule has 0 amide bonds. The fourth-order valence-corrected chi connectivity index (χ4v) is 3.20. The SMILES string of the molecule is CCC1CCCCCN1Cc1c(C)nn(C)c1Cl. The van der Waals surface area contributed by atoms with Crippen molar-refractivity contribution < 1.29 is 0 Å². The summed E-state index contributed by atoms with van der Waals surface area (Å²) in [6.07, 6.45) is 6.61. The van der Waals surface area contributed by atoms with E-state index in [1.807, 2.05) is 7.05 Å². The van der Waals surface area contributed by atoms with Gasteiger partial charge in [-0.15, -0.1) is 0 Å². The second-order valence-electron chi connectivity index (χ2n) is 5.36. The van der Waals surface area contributed by atoms with Gasteiger partial charge in [0.2, 0.25) is 0 Å². The molecule has 0 spiro atoms. The van der Waals surface area contributed by atoms with Gasteiger partial charge < -0.3 is 0 Å². The molecule has 2 heterocycles. The molecule has 2 rings (SSSR count). The number of aromatic nitrogens is 2. The molecule has 1 fully saturated rings. The van der Waals surface area contributed by atoms with Gasteiger partial charge in [0.05, 0.1) is 5.69 Å². The van der Waals surface area contributed by atoms with E-state index in [9.17, 15) is 0 Å². The third-order valence-corrected chi connectivity index (χ3v) is 4.57. The van der Waals surface area contributed by atoms with E-state index < -0.39 is 0 Å². The number of aryl methyl sites for hydroxylation is 2. The van der Waals surface area contributed by atoms with Crippen molar-refractivity contribution in [3.8, 4) is 0 Å². The maximum atomic E-state index is 6.34. The maximum absolute atomic E-state index is 6.34. The van der Waals surface area contributed by atoms with Crippen molar-refractivity contribution in [3.63, 3.8) is 0 Å². The lowest BCUT2D eigenvalue weighted by atomic mass is 10.1. The number of rotatable bonds is 3. The van der Waals surface area contributed by atoms with E-state index in [0.717, 1.165) is 17.4 Å². The van der Waals surface area contributed by atoms with E-state index in [2.05, 4.69) is 23.8 Å². The Morgan fingerprint density at radius 3 is 2.72 bits per heavy atom. The van der Waals surface area contributed by atoms with Crippen LogP contribution in [0.3, 0.4) is 0 Å². The summed E-state index contributed by atoms with van der Waals surface area (Å²) in [6, 6.07) is 0.711. The number of likely N-dealkylation sites (tertiary alicyclic amines) is 1. The minimum absolute atomic E-state index is 0.711. The number of nitrogens with zero attached hydrogens (tertiary/aromatic N) is 3. The van der Waals surface area contributed by atoms with Gasteiger partial charge in [-0.2, -0.15) is 5.10 Å². The van der Waals surface area contributed by atoms with Crippen molar-refractivity contribution in [2.45, 2.75) is 58.5 Å². The molecule has 0 aliphatic carbocycles. The Morgan fingerprint density at radius 2 is 2.11 bits per heavy atom. The van der Waals surface area contributed by atoms with Crippen molar-refractivity contribution >= 4 is 11.6 Å². The monoisotopic (exact) mass is 269 g/mol. The smallest absolute Gasteiger partial charge is 0.131 e. The Kier molecular flexibility index (Phi) is 4.68. The molecule has 1 aliphatic rings. The summed E-state index contributed by atoms with van der Waals surface area (Å²) in [6.45, 7) is 6.50. The van der Waals surface area contributed by atoms with E-state index in [-0.39, 0.29) is 0 Å². The number of halogens is 1. The molecule has 18 heavy (non-hydrogen) atoms. The van der Waals surface area contributed by atoms with Crippen molar-refractivity contribution in [2.24, 2.45) is 7.05 Å². The van der Waals surface area contributed by atoms with Crippen molar-refractivity contribution in [1.29, 1.82) is 0 Å². The minimum Gasteiger partial charge on any atom is -0.296 e. The first-order chi connectivity index (χ1) is 8.63. The average molecular weight is 270 g/mol. The first kappa shape index (κ1) is 13.9. The van der Waals surface area contributed by atoms with Crippen molar-refractivity contribution in [1.82, 2.24) is 14.7 Å². The quantitative estimate of drug-likeness (QED) is 0.837. The Bertz CT molecular complexity index is 400.